The molecule has 0 saturated carbocycles. The number of rotatable bonds is 6. The molecule has 2 amide bonds. The van der Waals surface area contributed by atoms with E-state index in [4.69, 9.17) is 27.9 Å². The first-order valence-corrected chi connectivity index (χ1v) is 10.1. The molecule has 0 atom stereocenters. The molecule has 0 spiro atoms. The second kappa shape index (κ2) is 9.09. The highest BCUT2D eigenvalue weighted by Crippen LogP contribution is 2.40. The van der Waals surface area contributed by atoms with Gasteiger partial charge in [0.25, 0.3) is 5.56 Å². The van der Waals surface area contributed by atoms with Gasteiger partial charge in [0, 0.05) is 18.2 Å². The summed E-state index contributed by atoms with van der Waals surface area (Å²) < 4.78 is 5.72. The molecule has 3 rings (SSSR count). The number of carbonyl (C=O) groups is 1. The SMILES string of the molecule is C=C1NC(=O)N(c2cc(Cl)c(Oc3cc(C(C)C)c(=O)[nH]n3)c(Cl)c2)N=C1CN(C)C. The number of amides is 2. The fourth-order valence-corrected chi connectivity index (χ4v) is 3.39. The molecule has 0 unspecified atom stereocenters. The Kier molecular flexibility index (Phi) is 6.68. The predicted octanol–water partition coefficient (Wildman–Crippen LogP) is 3.95. The van der Waals surface area contributed by atoms with Crippen molar-refractivity contribution in [3.8, 4) is 11.6 Å². The number of aromatic nitrogens is 2. The molecule has 31 heavy (non-hydrogen) atoms. The predicted molar refractivity (Wildman–Crippen MR) is 122 cm³/mol. The summed E-state index contributed by atoms with van der Waals surface area (Å²) in [6, 6.07) is 4.05. The van der Waals surface area contributed by atoms with E-state index in [-0.39, 0.29) is 33.2 Å². The third-order valence-corrected chi connectivity index (χ3v) is 4.91. The Balaban J connectivity index is 1.94. The van der Waals surface area contributed by atoms with E-state index in [2.05, 4.69) is 27.2 Å². The number of carbonyl (C=O) groups excluding carboxylic acids is 1. The number of urea groups is 1. The first-order chi connectivity index (χ1) is 14.6. The number of ether oxygens (including phenoxy) is 1. The zero-order valence-corrected chi connectivity index (χ0v) is 19.0. The van der Waals surface area contributed by atoms with Crippen LogP contribution in [0.15, 0.2) is 40.4 Å². The van der Waals surface area contributed by atoms with Crippen LogP contribution in [0, 0.1) is 0 Å². The van der Waals surface area contributed by atoms with Crippen LogP contribution in [-0.4, -0.2) is 47.5 Å². The van der Waals surface area contributed by atoms with E-state index in [0.717, 1.165) is 5.01 Å². The number of H-pyrrole nitrogens is 1. The number of anilines is 1. The lowest BCUT2D eigenvalue weighted by atomic mass is 10.1. The number of hydrogen-bond donors (Lipinski definition) is 2. The van der Waals surface area contributed by atoms with E-state index in [0.29, 0.717) is 29.2 Å². The van der Waals surface area contributed by atoms with Crippen LogP contribution in [0.2, 0.25) is 10.0 Å². The zero-order chi connectivity index (χ0) is 22.9. The Labute approximate surface area is 189 Å². The molecule has 1 aromatic heterocycles. The smallest absolute Gasteiger partial charge is 0.347 e. The largest absolute Gasteiger partial charge is 0.434 e. The van der Waals surface area contributed by atoms with Crippen molar-refractivity contribution in [1.29, 1.82) is 0 Å². The topological polar surface area (TPSA) is 103 Å². The fraction of sp³-hybridized carbons (Fsp3) is 0.300. The molecule has 164 valence electrons. The zero-order valence-electron chi connectivity index (χ0n) is 17.5. The van der Waals surface area contributed by atoms with Crippen molar-refractivity contribution in [2.45, 2.75) is 19.8 Å². The van der Waals surface area contributed by atoms with E-state index < -0.39 is 6.03 Å². The summed E-state index contributed by atoms with van der Waals surface area (Å²) in [4.78, 5) is 26.2. The van der Waals surface area contributed by atoms with E-state index >= 15 is 0 Å². The van der Waals surface area contributed by atoms with Gasteiger partial charge in [-0.2, -0.15) is 10.1 Å². The standard InChI is InChI=1S/C20H22Cl2N6O3/c1-10(2)13-8-17(24-25-19(13)29)31-18-14(21)6-12(7-15(18)22)28-20(30)23-11(3)16(26-28)9-27(4)5/h6-8,10H,3,9H2,1-2,4-5H3,(H,23,30)(H,25,29). The molecule has 2 aromatic rings. The summed E-state index contributed by atoms with van der Waals surface area (Å²) in [5.74, 6) is 0.253. The maximum Gasteiger partial charge on any atom is 0.347 e. The molecule has 0 fully saturated rings. The van der Waals surface area contributed by atoms with Gasteiger partial charge in [0.15, 0.2) is 5.75 Å². The molecule has 1 aromatic carbocycles. The van der Waals surface area contributed by atoms with Crippen LogP contribution in [0.5, 0.6) is 11.6 Å². The molecule has 0 bridgehead atoms. The molecule has 11 heteroatoms. The molecule has 1 aliphatic heterocycles. The maximum atomic E-state index is 12.4. The second-order valence-electron chi connectivity index (χ2n) is 7.49. The number of benzene rings is 1. The number of hydrogen-bond acceptors (Lipinski definition) is 6. The van der Waals surface area contributed by atoms with Gasteiger partial charge in [-0.15, -0.1) is 5.10 Å². The van der Waals surface area contributed by atoms with Crippen molar-refractivity contribution in [2.75, 3.05) is 25.6 Å². The minimum Gasteiger partial charge on any atom is -0.434 e. The van der Waals surface area contributed by atoms with Crippen molar-refractivity contribution in [3.05, 3.63) is 56.4 Å². The van der Waals surface area contributed by atoms with Gasteiger partial charge in [-0.25, -0.2) is 9.89 Å². The van der Waals surface area contributed by atoms with Crippen LogP contribution in [-0.2, 0) is 0 Å². The highest BCUT2D eigenvalue weighted by Gasteiger charge is 2.26. The lowest BCUT2D eigenvalue weighted by Gasteiger charge is -2.27. The van der Waals surface area contributed by atoms with Crippen LogP contribution in [0.1, 0.15) is 25.3 Å². The third kappa shape index (κ3) is 5.07. The fourth-order valence-electron chi connectivity index (χ4n) is 2.84. The van der Waals surface area contributed by atoms with Gasteiger partial charge in [-0.1, -0.05) is 43.6 Å². The summed E-state index contributed by atoms with van der Waals surface area (Å²) in [6.07, 6.45) is 0. The molecule has 0 saturated heterocycles. The Morgan fingerprint density at radius 1 is 1.19 bits per heavy atom. The number of nitrogens with zero attached hydrogens (tertiary/aromatic N) is 4. The van der Waals surface area contributed by atoms with Crippen LogP contribution in [0.25, 0.3) is 0 Å². The van der Waals surface area contributed by atoms with Crippen LogP contribution in [0.4, 0.5) is 10.5 Å². The van der Waals surface area contributed by atoms with Gasteiger partial charge in [0.05, 0.1) is 27.1 Å². The molecule has 2 N–H and O–H groups in total. The van der Waals surface area contributed by atoms with Crippen LogP contribution < -0.4 is 20.6 Å². The van der Waals surface area contributed by atoms with Crippen molar-refractivity contribution >= 4 is 40.6 Å². The summed E-state index contributed by atoms with van der Waals surface area (Å²) in [7, 11) is 3.76. The lowest BCUT2D eigenvalue weighted by Crippen LogP contribution is -2.45. The third-order valence-electron chi connectivity index (χ3n) is 4.35. The van der Waals surface area contributed by atoms with Gasteiger partial charge in [0.1, 0.15) is 0 Å². The van der Waals surface area contributed by atoms with Crippen molar-refractivity contribution < 1.29 is 9.53 Å². The minimum atomic E-state index is -0.489. The Morgan fingerprint density at radius 2 is 1.84 bits per heavy atom. The van der Waals surface area contributed by atoms with Gasteiger partial charge < -0.3 is 15.0 Å². The van der Waals surface area contributed by atoms with Gasteiger partial charge >= 0.3 is 6.03 Å². The lowest BCUT2D eigenvalue weighted by molar-refractivity contribution is 0.248. The second-order valence-corrected chi connectivity index (χ2v) is 8.31. The van der Waals surface area contributed by atoms with Gasteiger partial charge in [-0.05, 0) is 32.1 Å². The quantitative estimate of drug-likeness (QED) is 0.673. The molecule has 1 aliphatic rings. The number of hydrazone groups is 1. The number of halogens is 2. The van der Waals surface area contributed by atoms with Crippen LogP contribution >= 0.6 is 23.2 Å². The summed E-state index contributed by atoms with van der Waals surface area (Å²) in [5.41, 5.74) is 1.59. The Bertz CT molecular complexity index is 1100. The van der Waals surface area contributed by atoms with Crippen molar-refractivity contribution in [1.82, 2.24) is 20.4 Å². The maximum absolute atomic E-state index is 12.4. The monoisotopic (exact) mass is 464 g/mol. The average molecular weight is 465 g/mol. The molecule has 0 aliphatic carbocycles. The summed E-state index contributed by atoms with van der Waals surface area (Å²) in [6.45, 7) is 8.07. The highest BCUT2D eigenvalue weighted by atomic mass is 35.5. The minimum absolute atomic E-state index is 0.0241. The Hall–Kier alpha value is -2.88. The van der Waals surface area contributed by atoms with E-state index in [1.807, 2.05) is 32.8 Å². The molecular formula is C20H22Cl2N6O3. The number of aromatic amines is 1. The first kappa shape index (κ1) is 22.8. The van der Waals surface area contributed by atoms with Gasteiger partial charge in [-0.3, -0.25) is 4.79 Å². The molecular weight excluding hydrogens is 443 g/mol. The molecule has 0 radical (unpaired) electrons. The van der Waals surface area contributed by atoms with Crippen molar-refractivity contribution in [2.24, 2.45) is 5.10 Å². The highest BCUT2D eigenvalue weighted by molar-refractivity contribution is 6.37. The van der Waals surface area contributed by atoms with Crippen LogP contribution in [0.3, 0.4) is 0 Å². The summed E-state index contributed by atoms with van der Waals surface area (Å²) in [5, 5.41) is 14.8. The Morgan fingerprint density at radius 3 is 2.42 bits per heavy atom. The molecule has 2 heterocycles. The normalized spacial score (nSPS) is 14.2. The van der Waals surface area contributed by atoms with E-state index in [1.165, 1.54) is 18.2 Å². The van der Waals surface area contributed by atoms with Crippen molar-refractivity contribution in [3.63, 3.8) is 0 Å². The average Bonchev–Trinajstić information content (AvgIpc) is 2.67. The van der Waals surface area contributed by atoms with E-state index in [1.54, 1.807) is 0 Å². The van der Waals surface area contributed by atoms with Gasteiger partial charge in [0.2, 0.25) is 5.88 Å². The number of nitrogens with one attached hydrogen (secondary N) is 2. The summed E-state index contributed by atoms with van der Waals surface area (Å²) >= 11 is 12.8. The first-order valence-electron chi connectivity index (χ1n) is 9.36. The molecule has 9 nitrogen and oxygen atoms in total. The van der Waals surface area contributed by atoms with E-state index in [9.17, 15) is 9.59 Å².